The van der Waals surface area contributed by atoms with E-state index in [2.05, 4.69) is 13.0 Å². The first-order valence-corrected chi connectivity index (χ1v) is 6.62. The average Bonchev–Trinajstić information content (AvgIpc) is 2.27. The highest BCUT2D eigenvalue weighted by Crippen LogP contribution is 2.16. The summed E-state index contributed by atoms with van der Waals surface area (Å²) in [6, 6.07) is 7.10. The summed E-state index contributed by atoms with van der Waals surface area (Å²) < 4.78 is 0. The Balaban J connectivity index is 2.65. The SMILES string of the molecule is C/C=C\C=C(/C)C[S+](N)c1ccc(O)cc1. The monoisotopic (exact) mass is 236 g/mol. The highest BCUT2D eigenvalue weighted by molar-refractivity contribution is 7.94. The number of rotatable bonds is 4. The second-order valence-electron chi connectivity index (χ2n) is 3.61. The van der Waals surface area contributed by atoms with Crippen LogP contribution in [0.5, 0.6) is 5.75 Å². The second-order valence-corrected chi connectivity index (χ2v) is 5.22. The maximum Gasteiger partial charge on any atom is 0.176 e. The van der Waals surface area contributed by atoms with Crippen LogP contribution in [-0.2, 0) is 11.1 Å². The van der Waals surface area contributed by atoms with Crippen molar-refractivity contribution in [2.75, 3.05) is 5.75 Å². The van der Waals surface area contributed by atoms with Gasteiger partial charge in [0.25, 0.3) is 0 Å². The number of allylic oxidation sites excluding steroid dienone is 3. The lowest BCUT2D eigenvalue weighted by molar-refractivity contribution is 0.475. The maximum absolute atomic E-state index is 9.18. The Morgan fingerprint density at radius 1 is 1.38 bits per heavy atom. The molecule has 0 aliphatic heterocycles. The summed E-state index contributed by atoms with van der Waals surface area (Å²) in [6.45, 7) is 4.07. The minimum absolute atomic E-state index is 0.280. The van der Waals surface area contributed by atoms with Gasteiger partial charge in [-0.15, -0.1) is 5.14 Å². The lowest BCUT2D eigenvalue weighted by Crippen LogP contribution is -2.18. The molecule has 0 heterocycles. The third-order valence-corrected chi connectivity index (χ3v) is 3.74. The molecule has 3 N–H and O–H groups in total. The van der Waals surface area contributed by atoms with Gasteiger partial charge >= 0.3 is 0 Å². The fraction of sp³-hybridized carbons (Fsp3) is 0.231. The van der Waals surface area contributed by atoms with Gasteiger partial charge in [0.2, 0.25) is 0 Å². The van der Waals surface area contributed by atoms with Gasteiger partial charge in [-0.25, -0.2) is 0 Å². The number of hydrogen-bond acceptors (Lipinski definition) is 2. The van der Waals surface area contributed by atoms with Crippen molar-refractivity contribution in [2.24, 2.45) is 5.14 Å². The second kappa shape index (κ2) is 6.40. The summed E-state index contributed by atoms with van der Waals surface area (Å²) >= 11 is -0.289. The quantitative estimate of drug-likeness (QED) is 0.624. The number of aromatic hydroxyl groups is 1. The molecule has 0 radical (unpaired) electrons. The van der Waals surface area contributed by atoms with Crippen molar-refractivity contribution < 1.29 is 5.11 Å². The van der Waals surface area contributed by atoms with Gasteiger partial charge in [-0.05, 0) is 43.7 Å². The van der Waals surface area contributed by atoms with E-state index in [0.29, 0.717) is 0 Å². The fourth-order valence-electron chi connectivity index (χ4n) is 1.26. The van der Waals surface area contributed by atoms with Gasteiger partial charge < -0.3 is 5.11 Å². The van der Waals surface area contributed by atoms with Crippen LogP contribution < -0.4 is 5.14 Å². The lowest BCUT2D eigenvalue weighted by Gasteiger charge is -2.01. The van der Waals surface area contributed by atoms with Crippen LogP contribution in [0.15, 0.2) is 53.0 Å². The topological polar surface area (TPSA) is 46.2 Å². The normalized spacial score (nSPS) is 14.3. The Hall–Kier alpha value is -1.19. The third-order valence-electron chi connectivity index (χ3n) is 2.10. The average molecular weight is 236 g/mol. The molecule has 0 aliphatic carbocycles. The van der Waals surface area contributed by atoms with Gasteiger partial charge in [0, 0.05) is 0 Å². The first-order chi connectivity index (χ1) is 7.63. The van der Waals surface area contributed by atoms with Gasteiger partial charge in [-0.3, -0.25) is 0 Å². The van der Waals surface area contributed by atoms with E-state index in [1.54, 1.807) is 12.1 Å². The van der Waals surface area contributed by atoms with Crippen LogP contribution in [0.4, 0.5) is 0 Å². The van der Waals surface area contributed by atoms with Crippen LogP contribution in [0.3, 0.4) is 0 Å². The molecule has 0 fully saturated rings. The van der Waals surface area contributed by atoms with E-state index in [1.807, 2.05) is 31.2 Å². The molecule has 0 saturated heterocycles. The number of benzene rings is 1. The first-order valence-electron chi connectivity index (χ1n) is 5.16. The minimum atomic E-state index is -0.289. The molecule has 0 aromatic heterocycles. The summed E-state index contributed by atoms with van der Waals surface area (Å²) in [5.41, 5.74) is 1.26. The van der Waals surface area contributed by atoms with Crippen LogP contribution in [-0.4, -0.2) is 10.9 Å². The van der Waals surface area contributed by atoms with E-state index < -0.39 is 0 Å². The zero-order chi connectivity index (χ0) is 12.0. The Labute approximate surface area is 100.0 Å². The van der Waals surface area contributed by atoms with Crippen LogP contribution in [0, 0.1) is 0 Å². The van der Waals surface area contributed by atoms with Crippen molar-refractivity contribution in [1.82, 2.24) is 0 Å². The molecule has 0 bridgehead atoms. The standard InChI is InChI=1S/C13H17NOS/c1-3-4-5-11(2)10-16(14)13-8-6-12(15)7-9-13/h3-9H,10,14H2,1-2H3/p+1/b4-3-,11-5+. The fourth-order valence-corrected chi connectivity index (χ4v) is 2.50. The zero-order valence-corrected chi connectivity index (χ0v) is 10.5. The molecule has 3 heteroatoms. The van der Waals surface area contributed by atoms with Crippen molar-refractivity contribution in [3.05, 3.63) is 48.1 Å². The molecule has 1 atom stereocenters. The molecule has 16 heavy (non-hydrogen) atoms. The largest absolute Gasteiger partial charge is 0.508 e. The highest BCUT2D eigenvalue weighted by atomic mass is 32.2. The van der Waals surface area contributed by atoms with Crippen molar-refractivity contribution in [3.8, 4) is 5.75 Å². The van der Waals surface area contributed by atoms with Gasteiger partial charge in [-0.1, -0.05) is 18.2 Å². The number of nitrogens with two attached hydrogens (primary N) is 1. The van der Waals surface area contributed by atoms with Crippen LogP contribution >= 0.6 is 0 Å². The van der Waals surface area contributed by atoms with Gasteiger partial charge in [-0.2, -0.15) is 0 Å². The van der Waals surface area contributed by atoms with Crippen molar-refractivity contribution in [3.63, 3.8) is 0 Å². The first kappa shape index (κ1) is 12.9. The molecule has 1 unspecified atom stereocenters. The van der Waals surface area contributed by atoms with E-state index in [9.17, 15) is 5.11 Å². The summed E-state index contributed by atoms with van der Waals surface area (Å²) in [5.74, 6) is 1.14. The summed E-state index contributed by atoms with van der Waals surface area (Å²) in [5, 5.41) is 15.3. The maximum atomic E-state index is 9.18. The minimum Gasteiger partial charge on any atom is -0.508 e. The Morgan fingerprint density at radius 2 is 2.00 bits per heavy atom. The smallest absolute Gasteiger partial charge is 0.176 e. The number of phenolic OH excluding ortho intramolecular Hbond substituents is 1. The Bertz CT molecular complexity index is 381. The molecule has 2 nitrogen and oxygen atoms in total. The molecule has 0 spiro atoms. The van der Waals surface area contributed by atoms with Crippen molar-refractivity contribution in [2.45, 2.75) is 18.7 Å². The van der Waals surface area contributed by atoms with Gasteiger partial charge in [0.05, 0.1) is 0 Å². The number of hydrogen-bond donors (Lipinski definition) is 2. The van der Waals surface area contributed by atoms with Crippen molar-refractivity contribution >= 4 is 11.1 Å². The third kappa shape index (κ3) is 4.13. The van der Waals surface area contributed by atoms with Gasteiger partial charge in [0.1, 0.15) is 16.8 Å². The predicted octanol–water partition coefficient (Wildman–Crippen LogP) is 2.77. The lowest BCUT2D eigenvalue weighted by atomic mass is 10.3. The van der Waals surface area contributed by atoms with Crippen LogP contribution in [0.1, 0.15) is 13.8 Å². The van der Waals surface area contributed by atoms with Crippen LogP contribution in [0.2, 0.25) is 0 Å². The highest BCUT2D eigenvalue weighted by Gasteiger charge is 2.16. The molecule has 86 valence electrons. The molecule has 0 amide bonds. The summed E-state index contributed by atoms with van der Waals surface area (Å²) in [7, 11) is 0. The van der Waals surface area contributed by atoms with Crippen molar-refractivity contribution in [1.29, 1.82) is 0 Å². The van der Waals surface area contributed by atoms with E-state index >= 15 is 0 Å². The van der Waals surface area contributed by atoms with E-state index in [4.69, 9.17) is 5.14 Å². The molecule has 1 aromatic carbocycles. The summed E-state index contributed by atoms with van der Waals surface area (Å²) in [6.07, 6.45) is 6.09. The van der Waals surface area contributed by atoms with E-state index in [-0.39, 0.29) is 16.8 Å². The summed E-state index contributed by atoms with van der Waals surface area (Å²) in [4.78, 5) is 1.08. The predicted molar refractivity (Wildman–Crippen MR) is 71.4 cm³/mol. The van der Waals surface area contributed by atoms with E-state index in [1.165, 1.54) is 5.57 Å². The molecule has 0 saturated carbocycles. The Morgan fingerprint density at radius 3 is 2.56 bits per heavy atom. The van der Waals surface area contributed by atoms with E-state index in [0.717, 1.165) is 10.6 Å². The molecule has 0 aliphatic rings. The van der Waals surface area contributed by atoms with Gasteiger partial charge in [0.15, 0.2) is 10.6 Å². The zero-order valence-electron chi connectivity index (χ0n) is 9.68. The number of phenols is 1. The molecule has 1 rings (SSSR count). The molecule has 1 aromatic rings. The molecular weight excluding hydrogens is 218 g/mol. The Kier molecular flexibility index (Phi) is 5.15. The molecular formula is C13H18NOS+. The van der Waals surface area contributed by atoms with Crippen LogP contribution in [0.25, 0.3) is 0 Å².